The Kier molecular flexibility index (Phi) is 6.50. The van der Waals surface area contributed by atoms with Gasteiger partial charge < -0.3 is 25.6 Å². The third kappa shape index (κ3) is 4.73. The molecule has 9 heteroatoms. The number of nitrogens with one attached hydrogen (secondary N) is 2. The number of carboxylic acid groups (broad SMARTS) is 2. The fraction of sp³-hybridized carbons (Fsp3) is 0.0435. The highest BCUT2D eigenvalue weighted by atomic mass is 16.5. The van der Waals surface area contributed by atoms with Crippen LogP contribution in [0.5, 0.6) is 5.75 Å². The number of anilines is 2. The van der Waals surface area contributed by atoms with Crippen molar-refractivity contribution in [3.05, 3.63) is 89.0 Å². The van der Waals surface area contributed by atoms with E-state index in [4.69, 9.17) is 4.74 Å². The lowest BCUT2D eigenvalue weighted by Crippen LogP contribution is -2.18. The topological polar surface area (TPSA) is 142 Å². The van der Waals surface area contributed by atoms with Gasteiger partial charge in [0.05, 0.1) is 35.2 Å². The molecule has 0 spiro atoms. The molecule has 162 valence electrons. The molecule has 0 aromatic heterocycles. The van der Waals surface area contributed by atoms with E-state index >= 15 is 0 Å². The molecule has 3 aromatic rings. The molecule has 0 atom stereocenters. The number of benzene rings is 3. The van der Waals surface area contributed by atoms with E-state index in [1.165, 1.54) is 61.7 Å². The highest BCUT2D eigenvalue weighted by molar-refractivity contribution is 6.11. The Balaban J connectivity index is 1.85. The second-order valence-electron chi connectivity index (χ2n) is 6.52. The smallest absolute Gasteiger partial charge is 0.337 e. The molecule has 0 saturated carbocycles. The molecule has 0 saturated heterocycles. The lowest BCUT2D eigenvalue weighted by Gasteiger charge is -2.13. The van der Waals surface area contributed by atoms with Gasteiger partial charge in [0.25, 0.3) is 11.8 Å². The first-order valence-electron chi connectivity index (χ1n) is 9.27. The Morgan fingerprint density at radius 1 is 0.688 bits per heavy atom. The Hall–Kier alpha value is -4.66. The zero-order valence-corrected chi connectivity index (χ0v) is 16.8. The van der Waals surface area contributed by atoms with Crippen LogP contribution >= 0.6 is 0 Å². The zero-order chi connectivity index (χ0) is 23.3. The van der Waals surface area contributed by atoms with E-state index in [2.05, 4.69) is 10.6 Å². The number of para-hydroxylation sites is 2. The molecule has 3 aromatic carbocycles. The van der Waals surface area contributed by atoms with Gasteiger partial charge in [-0.15, -0.1) is 0 Å². The molecule has 0 heterocycles. The maximum atomic E-state index is 12.7. The first kappa shape index (κ1) is 22.0. The summed E-state index contributed by atoms with van der Waals surface area (Å²) in [5.41, 5.74) is 0.295. The Labute approximate surface area is 182 Å². The lowest BCUT2D eigenvalue weighted by atomic mass is 10.1. The van der Waals surface area contributed by atoms with Crippen molar-refractivity contribution in [3.63, 3.8) is 0 Å². The summed E-state index contributed by atoms with van der Waals surface area (Å²) < 4.78 is 5.23. The largest absolute Gasteiger partial charge is 0.496 e. The molecule has 0 aliphatic carbocycles. The van der Waals surface area contributed by atoms with Crippen LogP contribution < -0.4 is 15.4 Å². The van der Waals surface area contributed by atoms with Gasteiger partial charge in [0.15, 0.2) is 0 Å². The molecule has 9 nitrogen and oxygen atoms in total. The average Bonchev–Trinajstić information content (AvgIpc) is 2.79. The normalized spacial score (nSPS) is 10.2. The van der Waals surface area contributed by atoms with Gasteiger partial charge in [-0.2, -0.15) is 0 Å². The second-order valence-corrected chi connectivity index (χ2v) is 6.52. The molecule has 0 radical (unpaired) electrons. The van der Waals surface area contributed by atoms with Crippen molar-refractivity contribution >= 4 is 35.1 Å². The van der Waals surface area contributed by atoms with Crippen molar-refractivity contribution in [2.75, 3.05) is 17.7 Å². The molecule has 3 rings (SSSR count). The quantitative estimate of drug-likeness (QED) is 0.445. The van der Waals surface area contributed by atoms with E-state index in [9.17, 15) is 29.4 Å². The summed E-state index contributed by atoms with van der Waals surface area (Å²) in [6.45, 7) is 0. The summed E-state index contributed by atoms with van der Waals surface area (Å²) in [7, 11) is 1.32. The van der Waals surface area contributed by atoms with E-state index in [1.807, 2.05) is 0 Å². The van der Waals surface area contributed by atoms with Gasteiger partial charge in [-0.25, -0.2) is 9.59 Å². The summed E-state index contributed by atoms with van der Waals surface area (Å²) in [6.07, 6.45) is 0. The standard InChI is InChI=1S/C23H18N2O7/c1-32-19-12-13(20(26)24-17-8-4-2-6-14(17)22(28)29)10-11-16(19)21(27)25-18-9-5-3-7-15(18)23(30)31/h2-12H,1H3,(H,24,26)(H,25,27)(H,28,29)(H,30,31). The summed E-state index contributed by atoms with van der Waals surface area (Å²) in [4.78, 5) is 48.0. The van der Waals surface area contributed by atoms with Crippen molar-refractivity contribution in [2.45, 2.75) is 0 Å². The summed E-state index contributed by atoms with van der Waals surface area (Å²) in [5.74, 6) is -3.53. The Bertz CT molecular complexity index is 1220. The van der Waals surface area contributed by atoms with Crippen LogP contribution in [-0.2, 0) is 0 Å². The van der Waals surface area contributed by atoms with E-state index < -0.39 is 23.8 Å². The first-order valence-corrected chi connectivity index (χ1v) is 9.27. The summed E-state index contributed by atoms with van der Waals surface area (Å²) in [6, 6.07) is 15.9. The van der Waals surface area contributed by atoms with Gasteiger partial charge in [0.2, 0.25) is 0 Å². The number of carbonyl (C=O) groups is 4. The highest BCUT2D eigenvalue weighted by Gasteiger charge is 2.19. The number of carboxylic acids is 2. The van der Waals surface area contributed by atoms with Crippen LogP contribution in [0.3, 0.4) is 0 Å². The summed E-state index contributed by atoms with van der Waals surface area (Å²) >= 11 is 0. The predicted molar refractivity (Wildman–Crippen MR) is 116 cm³/mol. The van der Waals surface area contributed by atoms with Crippen LogP contribution in [0, 0.1) is 0 Å². The third-order valence-corrected chi connectivity index (χ3v) is 4.52. The van der Waals surface area contributed by atoms with Crippen LogP contribution in [0.4, 0.5) is 11.4 Å². The molecule has 0 fully saturated rings. The minimum atomic E-state index is -1.19. The van der Waals surface area contributed by atoms with Crippen molar-refractivity contribution < 1.29 is 34.1 Å². The van der Waals surface area contributed by atoms with Crippen molar-refractivity contribution in [1.29, 1.82) is 0 Å². The number of carbonyl (C=O) groups excluding carboxylic acids is 2. The number of hydrogen-bond acceptors (Lipinski definition) is 5. The molecule has 0 bridgehead atoms. The summed E-state index contributed by atoms with van der Waals surface area (Å²) in [5, 5.41) is 23.6. The lowest BCUT2D eigenvalue weighted by molar-refractivity contribution is 0.0687. The zero-order valence-electron chi connectivity index (χ0n) is 16.8. The number of methoxy groups -OCH3 is 1. The van der Waals surface area contributed by atoms with E-state index in [0.717, 1.165) is 0 Å². The van der Waals surface area contributed by atoms with E-state index in [1.54, 1.807) is 12.1 Å². The third-order valence-electron chi connectivity index (χ3n) is 4.52. The second kappa shape index (κ2) is 9.43. The number of hydrogen-bond donors (Lipinski definition) is 4. The molecule has 0 aliphatic heterocycles. The van der Waals surface area contributed by atoms with Crippen molar-refractivity contribution in [1.82, 2.24) is 0 Å². The minimum absolute atomic E-state index is 0.0686. The molecular formula is C23H18N2O7. The number of rotatable bonds is 7. The van der Waals surface area contributed by atoms with Crippen molar-refractivity contribution in [3.8, 4) is 5.75 Å². The van der Waals surface area contributed by atoms with Crippen LogP contribution in [0.25, 0.3) is 0 Å². The maximum absolute atomic E-state index is 12.7. The molecule has 0 unspecified atom stereocenters. The molecule has 0 aliphatic rings. The SMILES string of the molecule is COc1cc(C(=O)Nc2ccccc2C(=O)O)ccc1C(=O)Nc1ccccc1C(=O)O. The Morgan fingerprint density at radius 2 is 1.19 bits per heavy atom. The van der Waals surface area contributed by atoms with Crippen LogP contribution in [0.15, 0.2) is 66.7 Å². The van der Waals surface area contributed by atoms with Crippen LogP contribution in [0.1, 0.15) is 41.4 Å². The Morgan fingerprint density at radius 3 is 1.69 bits per heavy atom. The van der Waals surface area contributed by atoms with Gasteiger partial charge >= 0.3 is 11.9 Å². The van der Waals surface area contributed by atoms with Crippen molar-refractivity contribution in [2.24, 2.45) is 0 Å². The maximum Gasteiger partial charge on any atom is 0.337 e. The van der Waals surface area contributed by atoms with Crippen LogP contribution in [-0.4, -0.2) is 41.1 Å². The van der Waals surface area contributed by atoms with Gasteiger partial charge in [-0.05, 0) is 42.5 Å². The van der Waals surface area contributed by atoms with Gasteiger partial charge in [-0.3, -0.25) is 9.59 Å². The highest BCUT2D eigenvalue weighted by Crippen LogP contribution is 2.24. The van der Waals surface area contributed by atoms with Gasteiger partial charge in [0, 0.05) is 5.56 Å². The van der Waals surface area contributed by atoms with Gasteiger partial charge in [0.1, 0.15) is 5.75 Å². The fourth-order valence-corrected chi connectivity index (χ4v) is 2.96. The first-order chi connectivity index (χ1) is 15.3. The molecule has 4 N–H and O–H groups in total. The monoisotopic (exact) mass is 434 g/mol. The van der Waals surface area contributed by atoms with E-state index in [-0.39, 0.29) is 39.4 Å². The average molecular weight is 434 g/mol. The van der Waals surface area contributed by atoms with Gasteiger partial charge in [-0.1, -0.05) is 24.3 Å². The van der Waals surface area contributed by atoms with Crippen LogP contribution in [0.2, 0.25) is 0 Å². The number of aromatic carboxylic acids is 2. The number of amides is 2. The number of ether oxygens (including phenoxy) is 1. The van der Waals surface area contributed by atoms with E-state index in [0.29, 0.717) is 0 Å². The molecular weight excluding hydrogens is 416 g/mol. The molecule has 32 heavy (non-hydrogen) atoms. The molecule has 2 amide bonds. The fourth-order valence-electron chi connectivity index (χ4n) is 2.96. The minimum Gasteiger partial charge on any atom is -0.496 e. The predicted octanol–water partition coefficient (Wildman–Crippen LogP) is 3.60.